The van der Waals surface area contributed by atoms with Gasteiger partial charge in [-0.3, -0.25) is 0 Å². The maximum absolute atomic E-state index is 9.26. The van der Waals surface area contributed by atoms with E-state index in [0.717, 1.165) is 44.2 Å². The molecule has 0 unspecified atom stereocenters. The molecule has 3 nitrogen and oxygen atoms in total. The predicted molar refractivity (Wildman–Crippen MR) is 142 cm³/mol. The van der Waals surface area contributed by atoms with E-state index in [0.29, 0.717) is 5.69 Å². The van der Waals surface area contributed by atoms with Gasteiger partial charge >= 0.3 is 0 Å². The number of benzene rings is 5. The van der Waals surface area contributed by atoms with Gasteiger partial charge in [0, 0.05) is 17.0 Å². The van der Waals surface area contributed by atoms with E-state index in [-0.39, 0.29) is 0 Å². The molecule has 162 valence electrons. The van der Waals surface area contributed by atoms with Crippen LogP contribution in [0.4, 0.5) is 0 Å². The molecular weight excluding hydrogens is 428 g/mol. The fourth-order valence-corrected chi connectivity index (χ4v) is 5.18. The third kappa shape index (κ3) is 3.01. The first-order chi connectivity index (χ1) is 17.3. The molecule has 3 heteroatoms. The molecule has 2 aromatic heterocycles. The lowest BCUT2D eigenvalue weighted by atomic mass is 9.92. The third-order valence-corrected chi connectivity index (χ3v) is 6.75. The molecule has 0 saturated heterocycles. The van der Waals surface area contributed by atoms with Gasteiger partial charge in [0.25, 0.3) is 0 Å². The van der Waals surface area contributed by atoms with Crippen LogP contribution in [0.5, 0.6) is 0 Å². The highest BCUT2D eigenvalue weighted by Gasteiger charge is 2.17. The normalized spacial score (nSPS) is 11.4. The van der Waals surface area contributed by atoms with Crippen molar-refractivity contribution in [3.05, 3.63) is 115 Å². The van der Waals surface area contributed by atoms with E-state index in [9.17, 15) is 5.26 Å². The van der Waals surface area contributed by atoms with Gasteiger partial charge in [0.1, 0.15) is 22.9 Å². The van der Waals surface area contributed by atoms with Crippen molar-refractivity contribution in [3.8, 4) is 28.3 Å². The molecule has 0 aliphatic rings. The second-order valence-corrected chi connectivity index (χ2v) is 8.73. The highest BCUT2D eigenvalue weighted by atomic mass is 16.3. The van der Waals surface area contributed by atoms with Gasteiger partial charge in [0.15, 0.2) is 0 Å². The fraction of sp³-hybridized carbons (Fsp3) is 0. The number of pyridine rings is 1. The number of aromatic nitrogens is 1. The summed E-state index contributed by atoms with van der Waals surface area (Å²) >= 11 is 0. The molecule has 7 aromatic rings. The van der Waals surface area contributed by atoms with Crippen molar-refractivity contribution < 1.29 is 4.42 Å². The van der Waals surface area contributed by atoms with E-state index in [1.807, 2.05) is 12.1 Å². The van der Waals surface area contributed by atoms with Gasteiger partial charge in [-0.05, 0) is 74.1 Å². The summed E-state index contributed by atoms with van der Waals surface area (Å²) in [5.41, 5.74) is 6.42. The quantitative estimate of drug-likeness (QED) is 0.267. The number of furan rings is 1. The molecule has 7 rings (SSSR count). The van der Waals surface area contributed by atoms with Crippen molar-refractivity contribution in [3.63, 3.8) is 0 Å². The zero-order valence-corrected chi connectivity index (χ0v) is 18.7. The van der Waals surface area contributed by atoms with Gasteiger partial charge in [-0.15, -0.1) is 0 Å². The van der Waals surface area contributed by atoms with Crippen LogP contribution < -0.4 is 0 Å². The van der Waals surface area contributed by atoms with E-state index in [4.69, 9.17) is 4.42 Å². The molecule has 0 radical (unpaired) electrons. The zero-order valence-electron chi connectivity index (χ0n) is 18.7. The van der Waals surface area contributed by atoms with Crippen molar-refractivity contribution in [1.29, 1.82) is 5.26 Å². The molecular formula is C32H18N2O. The van der Waals surface area contributed by atoms with Crippen LogP contribution in [0, 0.1) is 11.3 Å². The lowest BCUT2D eigenvalue weighted by molar-refractivity contribution is 0.669. The molecule has 0 N–H and O–H groups in total. The monoisotopic (exact) mass is 446 g/mol. The van der Waals surface area contributed by atoms with Crippen LogP contribution in [0.2, 0.25) is 0 Å². The van der Waals surface area contributed by atoms with Crippen LogP contribution >= 0.6 is 0 Å². The predicted octanol–water partition coefficient (Wildman–Crippen LogP) is 8.49. The van der Waals surface area contributed by atoms with Crippen LogP contribution in [0.3, 0.4) is 0 Å². The first kappa shape index (κ1) is 19.5. The Morgan fingerprint density at radius 3 is 2.23 bits per heavy atom. The Morgan fingerprint density at radius 1 is 0.600 bits per heavy atom. The molecule has 35 heavy (non-hydrogen) atoms. The van der Waals surface area contributed by atoms with Gasteiger partial charge in [0.05, 0.1) is 0 Å². The number of hydrogen-bond acceptors (Lipinski definition) is 3. The summed E-state index contributed by atoms with van der Waals surface area (Å²) < 4.78 is 6.43. The number of rotatable bonds is 2. The van der Waals surface area contributed by atoms with E-state index < -0.39 is 0 Å². The van der Waals surface area contributed by atoms with Gasteiger partial charge < -0.3 is 4.42 Å². The van der Waals surface area contributed by atoms with E-state index >= 15 is 0 Å². The molecule has 0 bridgehead atoms. The molecule has 0 saturated carbocycles. The maximum atomic E-state index is 9.26. The lowest BCUT2D eigenvalue weighted by Gasteiger charge is -2.11. The van der Waals surface area contributed by atoms with Crippen molar-refractivity contribution in [1.82, 2.24) is 4.98 Å². The Balaban J connectivity index is 1.53. The average molecular weight is 447 g/mol. The SMILES string of the molecule is N#Cc1cc(-c2cccc(-c3cc4oc5ccc6ccccc6c5c4c4ccccc34)c2)ccn1. The van der Waals surface area contributed by atoms with Crippen LogP contribution in [0.1, 0.15) is 5.69 Å². The molecule has 0 aliphatic heterocycles. The zero-order chi connectivity index (χ0) is 23.4. The van der Waals surface area contributed by atoms with Crippen LogP contribution in [-0.4, -0.2) is 4.98 Å². The molecule has 0 amide bonds. The molecule has 0 aliphatic carbocycles. The Morgan fingerprint density at radius 2 is 1.34 bits per heavy atom. The molecule has 2 heterocycles. The maximum Gasteiger partial charge on any atom is 0.141 e. The number of fused-ring (bicyclic) bond motifs is 7. The second kappa shape index (κ2) is 7.55. The van der Waals surface area contributed by atoms with E-state index in [1.54, 1.807) is 6.20 Å². The average Bonchev–Trinajstić information content (AvgIpc) is 3.32. The Kier molecular flexibility index (Phi) is 4.21. The summed E-state index contributed by atoms with van der Waals surface area (Å²) in [6.45, 7) is 0. The van der Waals surface area contributed by atoms with Crippen LogP contribution in [0.25, 0.3) is 65.7 Å². The number of hydrogen-bond donors (Lipinski definition) is 0. The van der Waals surface area contributed by atoms with Gasteiger partial charge in [-0.25, -0.2) is 4.98 Å². The van der Waals surface area contributed by atoms with E-state index in [2.05, 4.69) is 102 Å². The highest BCUT2D eigenvalue weighted by molar-refractivity contribution is 6.28. The van der Waals surface area contributed by atoms with Crippen LogP contribution in [-0.2, 0) is 0 Å². The van der Waals surface area contributed by atoms with Crippen molar-refractivity contribution in [2.75, 3.05) is 0 Å². The Labute approximate surface area is 201 Å². The summed E-state index contributed by atoms with van der Waals surface area (Å²) in [5.74, 6) is 0. The van der Waals surface area contributed by atoms with Gasteiger partial charge in [-0.2, -0.15) is 5.26 Å². The highest BCUT2D eigenvalue weighted by Crippen LogP contribution is 2.42. The van der Waals surface area contributed by atoms with Crippen molar-refractivity contribution >= 4 is 43.5 Å². The Hall–Kier alpha value is -4.94. The summed E-state index contributed by atoms with van der Waals surface area (Å²) in [6.07, 6.45) is 1.68. The largest absolute Gasteiger partial charge is 0.456 e. The number of nitrogens with zero attached hydrogens (tertiary/aromatic N) is 2. The minimum Gasteiger partial charge on any atom is -0.456 e. The number of nitriles is 1. The smallest absolute Gasteiger partial charge is 0.141 e. The van der Waals surface area contributed by atoms with Crippen molar-refractivity contribution in [2.45, 2.75) is 0 Å². The van der Waals surface area contributed by atoms with Crippen molar-refractivity contribution in [2.24, 2.45) is 0 Å². The third-order valence-electron chi connectivity index (χ3n) is 6.75. The minimum atomic E-state index is 0.411. The molecule has 0 fully saturated rings. The van der Waals surface area contributed by atoms with Gasteiger partial charge in [0.2, 0.25) is 0 Å². The van der Waals surface area contributed by atoms with Crippen LogP contribution in [0.15, 0.2) is 114 Å². The topological polar surface area (TPSA) is 49.8 Å². The fourth-order valence-electron chi connectivity index (χ4n) is 5.18. The molecule has 5 aromatic carbocycles. The summed E-state index contributed by atoms with van der Waals surface area (Å²) in [7, 11) is 0. The van der Waals surface area contributed by atoms with E-state index in [1.165, 1.54) is 21.5 Å². The standard InChI is InChI=1S/C32H18N2O/c33-19-24-17-22(14-15-34-24)21-7-5-8-23(16-21)28-18-30-32(27-11-4-3-10-26(27)28)31-25-9-2-1-6-20(25)12-13-29(31)35-30/h1-18H. The summed E-state index contributed by atoms with van der Waals surface area (Å²) in [6, 6.07) is 37.7. The molecule has 0 atom stereocenters. The first-order valence-corrected chi connectivity index (χ1v) is 11.5. The Bertz CT molecular complexity index is 1970. The lowest BCUT2D eigenvalue weighted by Crippen LogP contribution is -1.87. The second-order valence-electron chi connectivity index (χ2n) is 8.73. The minimum absolute atomic E-state index is 0.411. The first-order valence-electron chi connectivity index (χ1n) is 11.5. The molecule has 0 spiro atoms. The summed E-state index contributed by atoms with van der Waals surface area (Å²) in [4.78, 5) is 4.11. The van der Waals surface area contributed by atoms with Gasteiger partial charge in [-0.1, -0.05) is 72.8 Å². The summed E-state index contributed by atoms with van der Waals surface area (Å²) in [5, 5.41) is 16.3.